The summed E-state index contributed by atoms with van der Waals surface area (Å²) in [5.74, 6) is -0.0322. The zero-order valence-electron chi connectivity index (χ0n) is 19.0. The highest BCUT2D eigenvalue weighted by Gasteiger charge is 2.32. The van der Waals surface area contributed by atoms with Crippen LogP contribution in [-0.4, -0.2) is 57.4 Å². The molecule has 9 heteroatoms. The standard InChI is InChI=1S/C25H29N3O5S/c29-24(19-6-9-22(10-7-19)34(31,32)27-13-15-33-16-14-27)26-21-8-5-18-11-12-28(23(18)17-21)25(30)20-3-1-2-4-20/h5-10,17,20H,1-4,11-16H2,(H,26,29). The summed E-state index contributed by atoms with van der Waals surface area (Å²) < 4.78 is 32.2. The van der Waals surface area contributed by atoms with Crippen molar-refractivity contribution in [2.75, 3.05) is 43.1 Å². The lowest BCUT2D eigenvalue weighted by molar-refractivity contribution is -0.122. The number of hydrogen-bond acceptors (Lipinski definition) is 5. The van der Waals surface area contributed by atoms with Crippen molar-refractivity contribution < 1.29 is 22.7 Å². The first kappa shape index (κ1) is 23.0. The maximum absolute atomic E-state index is 13.0. The molecule has 1 saturated carbocycles. The van der Waals surface area contributed by atoms with Crippen molar-refractivity contribution in [1.82, 2.24) is 4.31 Å². The van der Waals surface area contributed by atoms with E-state index in [4.69, 9.17) is 4.74 Å². The predicted octanol–water partition coefficient (Wildman–Crippen LogP) is 3.04. The minimum absolute atomic E-state index is 0.108. The average molecular weight is 484 g/mol. The number of morpholine rings is 1. The molecule has 5 rings (SSSR count). The minimum atomic E-state index is -3.61. The Morgan fingerprint density at radius 3 is 2.35 bits per heavy atom. The number of amides is 2. The molecule has 1 aliphatic carbocycles. The van der Waals surface area contributed by atoms with Gasteiger partial charge in [-0.1, -0.05) is 18.9 Å². The molecule has 2 fully saturated rings. The molecule has 0 radical (unpaired) electrons. The second-order valence-electron chi connectivity index (χ2n) is 9.06. The third-order valence-corrected chi connectivity index (χ3v) is 8.85. The molecule has 1 saturated heterocycles. The first-order valence-electron chi connectivity index (χ1n) is 11.9. The van der Waals surface area contributed by atoms with Gasteiger partial charge in [0.25, 0.3) is 5.91 Å². The Bertz CT molecular complexity index is 1180. The summed E-state index contributed by atoms with van der Waals surface area (Å²) in [5, 5.41) is 2.89. The van der Waals surface area contributed by atoms with Crippen LogP contribution < -0.4 is 10.2 Å². The Kier molecular flexibility index (Phi) is 6.42. The van der Waals surface area contributed by atoms with Crippen LogP contribution in [0.4, 0.5) is 11.4 Å². The second-order valence-corrected chi connectivity index (χ2v) is 11.0. The lowest BCUT2D eigenvalue weighted by Gasteiger charge is -2.26. The van der Waals surface area contributed by atoms with E-state index in [9.17, 15) is 18.0 Å². The molecule has 34 heavy (non-hydrogen) atoms. The Labute approximate surface area is 199 Å². The van der Waals surface area contributed by atoms with E-state index in [0.29, 0.717) is 44.1 Å². The molecule has 3 aliphatic rings. The maximum atomic E-state index is 13.0. The zero-order valence-corrected chi connectivity index (χ0v) is 19.9. The summed E-state index contributed by atoms with van der Waals surface area (Å²) in [6.07, 6.45) is 4.96. The van der Waals surface area contributed by atoms with Crippen LogP contribution in [0.1, 0.15) is 41.6 Å². The molecule has 8 nitrogen and oxygen atoms in total. The van der Waals surface area contributed by atoms with Crippen molar-refractivity contribution in [3.8, 4) is 0 Å². The van der Waals surface area contributed by atoms with Crippen molar-refractivity contribution in [2.24, 2.45) is 5.92 Å². The number of benzene rings is 2. The van der Waals surface area contributed by atoms with Crippen LogP contribution in [0.5, 0.6) is 0 Å². The first-order valence-corrected chi connectivity index (χ1v) is 13.3. The quantitative estimate of drug-likeness (QED) is 0.705. The molecule has 2 aromatic rings. The van der Waals surface area contributed by atoms with Gasteiger partial charge in [-0.05, 0) is 61.2 Å². The largest absolute Gasteiger partial charge is 0.379 e. The molecule has 0 bridgehead atoms. The zero-order chi connectivity index (χ0) is 23.7. The summed E-state index contributed by atoms with van der Waals surface area (Å²) in [5.41, 5.74) is 2.96. The molecule has 0 aromatic heterocycles. The summed E-state index contributed by atoms with van der Waals surface area (Å²) in [7, 11) is -3.61. The van der Waals surface area contributed by atoms with E-state index in [1.165, 1.54) is 28.6 Å². The van der Waals surface area contributed by atoms with Crippen LogP contribution >= 0.6 is 0 Å². The summed E-state index contributed by atoms with van der Waals surface area (Å²) >= 11 is 0. The van der Waals surface area contributed by atoms with Crippen molar-refractivity contribution in [2.45, 2.75) is 37.0 Å². The van der Waals surface area contributed by atoms with Crippen molar-refractivity contribution >= 4 is 33.2 Å². The number of ether oxygens (including phenoxy) is 1. The van der Waals surface area contributed by atoms with Crippen molar-refractivity contribution in [1.29, 1.82) is 0 Å². The van der Waals surface area contributed by atoms with Gasteiger partial charge in [0.2, 0.25) is 15.9 Å². The molecule has 0 spiro atoms. The molecule has 2 amide bonds. The van der Waals surface area contributed by atoms with Gasteiger partial charge in [0.05, 0.1) is 18.1 Å². The number of rotatable bonds is 5. The monoisotopic (exact) mass is 483 g/mol. The first-order chi connectivity index (χ1) is 16.4. The third kappa shape index (κ3) is 4.47. The summed E-state index contributed by atoms with van der Waals surface area (Å²) in [6, 6.07) is 11.6. The Hall–Kier alpha value is -2.75. The lowest BCUT2D eigenvalue weighted by Crippen LogP contribution is -2.40. The fraction of sp³-hybridized carbons (Fsp3) is 0.440. The SMILES string of the molecule is O=C(Nc1ccc2c(c1)N(C(=O)C1CCCC1)CC2)c1ccc(S(=O)(=O)N2CCOCC2)cc1. The van der Waals surface area contributed by atoms with Gasteiger partial charge in [-0.25, -0.2) is 8.42 Å². The van der Waals surface area contributed by atoms with E-state index in [2.05, 4.69) is 5.32 Å². The fourth-order valence-corrected chi connectivity index (χ4v) is 6.40. The van der Waals surface area contributed by atoms with E-state index < -0.39 is 10.0 Å². The van der Waals surface area contributed by atoms with Gasteiger partial charge in [0, 0.05) is 42.5 Å². The number of sulfonamides is 1. The molecule has 2 aliphatic heterocycles. The van der Waals surface area contributed by atoms with E-state index in [-0.39, 0.29) is 22.6 Å². The van der Waals surface area contributed by atoms with Gasteiger partial charge < -0.3 is 15.0 Å². The average Bonchev–Trinajstić information content (AvgIpc) is 3.55. The predicted molar refractivity (Wildman–Crippen MR) is 128 cm³/mol. The van der Waals surface area contributed by atoms with Crippen LogP contribution in [0.3, 0.4) is 0 Å². The van der Waals surface area contributed by atoms with Gasteiger partial charge >= 0.3 is 0 Å². The number of nitrogens with zero attached hydrogens (tertiary/aromatic N) is 2. The van der Waals surface area contributed by atoms with Crippen LogP contribution in [0.15, 0.2) is 47.4 Å². The number of carbonyl (C=O) groups excluding carboxylic acids is 2. The van der Waals surface area contributed by atoms with E-state index >= 15 is 0 Å². The molecule has 180 valence electrons. The molecule has 0 unspecified atom stereocenters. The number of carbonyl (C=O) groups is 2. The highest BCUT2D eigenvalue weighted by Crippen LogP contribution is 2.35. The second kappa shape index (κ2) is 9.48. The molecular formula is C25H29N3O5S. The Morgan fingerprint density at radius 2 is 1.65 bits per heavy atom. The van der Waals surface area contributed by atoms with Crippen LogP contribution in [0.25, 0.3) is 0 Å². The van der Waals surface area contributed by atoms with Gasteiger partial charge in [-0.3, -0.25) is 9.59 Å². The Balaban J connectivity index is 1.28. The maximum Gasteiger partial charge on any atom is 0.255 e. The molecule has 0 atom stereocenters. The number of anilines is 2. The smallest absolute Gasteiger partial charge is 0.255 e. The van der Waals surface area contributed by atoms with E-state index in [1.807, 2.05) is 23.1 Å². The normalized spacial score (nSPS) is 19.2. The fourth-order valence-electron chi connectivity index (χ4n) is 5.00. The lowest BCUT2D eigenvalue weighted by atomic mass is 10.1. The van der Waals surface area contributed by atoms with Gasteiger partial charge in [-0.2, -0.15) is 4.31 Å². The highest BCUT2D eigenvalue weighted by molar-refractivity contribution is 7.89. The number of hydrogen-bond donors (Lipinski definition) is 1. The molecular weight excluding hydrogens is 454 g/mol. The number of nitrogens with one attached hydrogen (secondary N) is 1. The summed E-state index contributed by atoms with van der Waals surface area (Å²) in [4.78, 5) is 27.8. The molecule has 2 heterocycles. The van der Waals surface area contributed by atoms with Crippen LogP contribution in [0, 0.1) is 5.92 Å². The van der Waals surface area contributed by atoms with E-state index in [1.54, 1.807) is 0 Å². The molecule has 2 aromatic carbocycles. The van der Waals surface area contributed by atoms with Crippen molar-refractivity contribution in [3.63, 3.8) is 0 Å². The van der Waals surface area contributed by atoms with Crippen LogP contribution in [-0.2, 0) is 26.0 Å². The Morgan fingerprint density at radius 1 is 0.941 bits per heavy atom. The van der Waals surface area contributed by atoms with Gasteiger partial charge in [-0.15, -0.1) is 0 Å². The van der Waals surface area contributed by atoms with E-state index in [0.717, 1.165) is 43.4 Å². The molecule has 1 N–H and O–H groups in total. The highest BCUT2D eigenvalue weighted by atomic mass is 32.2. The van der Waals surface area contributed by atoms with Gasteiger partial charge in [0.1, 0.15) is 0 Å². The summed E-state index contributed by atoms with van der Waals surface area (Å²) in [6.45, 7) is 2.09. The minimum Gasteiger partial charge on any atom is -0.379 e. The van der Waals surface area contributed by atoms with Crippen molar-refractivity contribution in [3.05, 3.63) is 53.6 Å². The topological polar surface area (TPSA) is 96.0 Å². The van der Waals surface area contributed by atoms with Crippen LogP contribution in [0.2, 0.25) is 0 Å². The third-order valence-electron chi connectivity index (χ3n) is 6.93. The van der Waals surface area contributed by atoms with Gasteiger partial charge in [0.15, 0.2) is 0 Å². The number of fused-ring (bicyclic) bond motifs is 1.